The molecule has 2 saturated carbocycles. The predicted molar refractivity (Wildman–Crippen MR) is 73.6 cm³/mol. The number of allylic oxidation sites excluding steroid dienone is 2. The number of Topliss-reactive ketones (excluding diaryl/α,β-unsaturated/α-hetero) is 1. The molecule has 0 saturated heterocycles. The molecule has 1 unspecified atom stereocenters. The molecule has 2 rings (SSSR count). The maximum Gasteiger partial charge on any atom is 0.306 e. The third kappa shape index (κ3) is 3.92. The first kappa shape index (κ1) is 14.3. The van der Waals surface area contributed by atoms with Gasteiger partial charge in [-0.3, -0.25) is 9.59 Å². The Morgan fingerprint density at radius 3 is 2.68 bits per heavy atom. The molecule has 0 aromatic heterocycles. The van der Waals surface area contributed by atoms with E-state index >= 15 is 0 Å². The highest BCUT2D eigenvalue weighted by Crippen LogP contribution is 2.34. The van der Waals surface area contributed by atoms with Crippen molar-refractivity contribution in [1.82, 2.24) is 0 Å². The van der Waals surface area contributed by atoms with Gasteiger partial charge in [0.1, 0.15) is 0 Å². The average Bonchev–Trinajstić information content (AvgIpc) is 2.73. The Kier molecular flexibility index (Phi) is 5.17. The van der Waals surface area contributed by atoms with E-state index < -0.39 is 0 Å². The summed E-state index contributed by atoms with van der Waals surface area (Å²) in [5.41, 5.74) is 0.917. The van der Waals surface area contributed by atoms with Gasteiger partial charge in [0, 0.05) is 6.42 Å². The van der Waals surface area contributed by atoms with E-state index in [2.05, 4.69) is 6.08 Å². The second-order valence-corrected chi connectivity index (χ2v) is 5.69. The number of rotatable bonds is 4. The highest BCUT2D eigenvalue weighted by Gasteiger charge is 2.31. The van der Waals surface area contributed by atoms with Gasteiger partial charge in [-0.1, -0.05) is 25.3 Å². The zero-order chi connectivity index (χ0) is 13.7. The number of carbonyl (C=O) groups excluding carboxylic acids is 2. The fourth-order valence-corrected chi connectivity index (χ4v) is 3.25. The fourth-order valence-electron chi connectivity index (χ4n) is 3.25. The number of hydrogen-bond donors (Lipinski definition) is 0. The van der Waals surface area contributed by atoms with Crippen molar-refractivity contribution in [2.75, 3.05) is 6.61 Å². The SMILES string of the molecule is CCOC(=O)CC1CCC(=O)/C1=C\C1CCCCC1. The molecule has 0 N–H and O–H groups in total. The van der Waals surface area contributed by atoms with Crippen LogP contribution in [0.1, 0.15) is 58.3 Å². The first-order chi connectivity index (χ1) is 9.20. The van der Waals surface area contributed by atoms with E-state index in [-0.39, 0.29) is 17.7 Å². The van der Waals surface area contributed by atoms with Gasteiger partial charge in [0.25, 0.3) is 0 Å². The van der Waals surface area contributed by atoms with Gasteiger partial charge in [0.15, 0.2) is 5.78 Å². The summed E-state index contributed by atoms with van der Waals surface area (Å²) in [7, 11) is 0. The molecule has 0 spiro atoms. The summed E-state index contributed by atoms with van der Waals surface area (Å²) in [5.74, 6) is 0.737. The van der Waals surface area contributed by atoms with Crippen LogP contribution in [-0.2, 0) is 14.3 Å². The summed E-state index contributed by atoms with van der Waals surface area (Å²) in [5, 5.41) is 0. The van der Waals surface area contributed by atoms with Crippen LogP contribution < -0.4 is 0 Å². The summed E-state index contributed by atoms with van der Waals surface area (Å²) in [6.45, 7) is 2.23. The smallest absolute Gasteiger partial charge is 0.306 e. The quantitative estimate of drug-likeness (QED) is 0.577. The lowest BCUT2D eigenvalue weighted by atomic mass is 9.85. The van der Waals surface area contributed by atoms with Gasteiger partial charge in [-0.15, -0.1) is 0 Å². The molecular formula is C16H24O3. The molecule has 2 aliphatic rings. The van der Waals surface area contributed by atoms with Crippen molar-refractivity contribution in [2.24, 2.45) is 11.8 Å². The first-order valence-electron chi connectivity index (χ1n) is 7.61. The summed E-state index contributed by atoms with van der Waals surface area (Å²) < 4.78 is 5.00. The van der Waals surface area contributed by atoms with E-state index in [0.717, 1.165) is 12.0 Å². The second-order valence-electron chi connectivity index (χ2n) is 5.69. The van der Waals surface area contributed by atoms with Crippen LogP contribution in [0, 0.1) is 11.8 Å². The minimum atomic E-state index is -0.170. The second kappa shape index (κ2) is 6.88. The Balaban J connectivity index is 2.00. The third-order valence-electron chi connectivity index (χ3n) is 4.27. The standard InChI is InChI=1S/C16H24O3/c1-2-19-16(18)11-13-8-9-15(17)14(13)10-12-6-4-3-5-7-12/h10,12-13H,2-9,11H2,1H3/b14-10-. The topological polar surface area (TPSA) is 43.4 Å². The van der Waals surface area contributed by atoms with Crippen molar-refractivity contribution in [3.8, 4) is 0 Å². The molecule has 1 atom stereocenters. The molecule has 0 heterocycles. The maximum atomic E-state index is 12.0. The molecule has 2 aliphatic carbocycles. The van der Waals surface area contributed by atoms with Crippen LogP contribution in [0.15, 0.2) is 11.6 Å². The highest BCUT2D eigenvalue weighted by atomic mass is 16.5. The summed E-state index contributed by atoms with van der Waals surface area (Å²) in [6.07, 6.45) is 10.2. The highest BCUT2D eigenvalue weighted by molar-refractivity contribution is 5.98. The lowest BCUT2D eigenvalue weighted by Gasteiger charge is -2.20. The number of carbonyl (C=O) groups is 2. The van der Waals surface area contributed by atoms with Crippen LogP contribution in [-0.4, -0.2) is 18.4 Å². The van der Waals surface area contributed by atoms with Crippen LogP contribution in [0.5, 0.6) is 0 Å². The van der Waals surface area contributed by atoms with Gasteiger partial charge in [0.2, 0.25) is 0 Å². The van der Waals surface area contributed by atoms with Crippen molar-refractivity contribution >= 4 is 11.8 Å². The minimum Gasteiger partial charge on any atom is -0.466 e. The van der Waals surface area contributed by atoms with Gasteiger partial charge >= 0.3 is 5.97 Å². The third-order valence-corrected chi connectivity index (χ3v) is 4.27. The van der Waals surface area contributed by atoms with Crippen LogP contribution in [0.25, 0.3) is 0 Å². The van der Waals surface area contributed by atoms with Crippen LogP contribution in [0.3, 0.4) is 0 Å². The van der Waals surface area contributed by atoms with Crippen LogP contribution >= 0.6 is 0 Å². The van der Waals surface area contributed by atoms with Crippen molar-refractivity contribution in [3.63, 3.8) is 0 Å². The van der Waals surface area contributed by atoms with Crippen LogP contribution in [0.4, 0.5) is 0 Å². The fraction of sp³-hybridized carbons (Fsp3) is 0.750. The number of ether oxygens (including phenoxy) is 1. The van der Waals surface area contributed by atoms with E-state index in [1.807, 2.05) is 6.92 Å². The summed E-state index contributed by atoms with van der Waals surface area (Å²) >= 11 is 0. The number of esters is 1. The average molecular weight is 264 g/mol. The molecule has 0 aromatic rings. The normalized spacial score (nSPS) is 26.9. The van der Waals surface area contributed by atoms with Crippen molar-refractivity contribution in [2.45, 2.75) is 58.3 Å². The first-order valence-corrected chi connectivity index (χ1v) is 7.61. The molecule has 0 amide bonds. The van der Waals surface area contributed by atoms with Gasteiger partial charge in [-0.25, -0.2) is 0 Å². The molecule has 0 bridgehead atoms. The lowest BCUT2D eigenvalue weighted by molar-refractivity contribution is -0.143. The van der Waals surface area contributed by atoms with Crippen molar-refractivity contribution < 1.29 is 14.3 Å². The van der Waals surface area contributed by atoms with Gasteiger partial charge in [-0.05, 0) is 43.6 Å². The molecule has 3 nitrogen and oxygen atoms in total. The zero-order valence-electron chi connectivity index (χ0n) is 11.8. The lowest BCUT2D eigenvalue weighted by Crippen LogP contribution is -2.13. The molecule has 19 heavy (non-hydrogen) atoms. The van der Waals surface area contributed by atoms with E-state index in [4.69, 9.17) is 4.74 Å². The Hall–Kier alpha value is -1.12. The maximum absolute atomic E-state index is 12.0. The minimum absolute atomic E-state index is 0.105. The predicted octanol–water partition coefficient (Wildman–Crippen LogP) is 3.43. The number of ketones is 1. The van der Waals surface area contributed by atoms with E-state index in [0.29, 0.717) is 25.4 Å². The molecule has 0 aliphatic heterocycles. The van der Waals surface area contributed by atoms with Crippen LogP contribution in [0.2, 0.25) is 0 Å². The van der Waals surface area contributed by atoms with E-state index in [1.54, 1.807) is 0 Å². The monoisotopic (exact) mass is 264 g/mol. The van der Waals surface area contributed by atoms with Gasteiger partial charge < -0.3 is 4.74 Å². The summed E-state index contributed by atoms with van der Waals surface area (Å²) in [6, 6.07) is 0. The Labute approximate surface area is 115 Å². The van der Waals surface area contributed by atoms with E-state index in [1.165, 1.54) is 32.1 Å². The molecular weight excluding hydrogens is 240 g/mol. The zero-order valence-corrected chi connectivity index (χ0v) is 11.8. The van der Waals surface area contributed by atoms with Crippen molar-refractivity contribution in [1.29, 1.82) is 0 Å². The Morgan fingerprint density at radius 1 is 1.26 bits per heavy atom. The molecule has 2 fully saturated rings. The molecule has 106 valence electrons. The van der Waals surface area contributed by atoms with Gasteiger partial charge in [0.05, 0.1) is 13.0 Å². The Bertz CT molecular complexity index is 364. The van der Waals surface area contributed by atoms with Gasteiger partial charge in [-0.2, -0.15) is 0 Å². The Morgan fingerprint density at radius 2 is 2.00 bits per heavy atom. The molecule has 0 aromatic carbocycles. The number of hydrogen-bond acceptors (Lipinski definition) is 3. The largest absolute Gasteiger partial charge is 0.466 e. The van der Waals surface area contributed by atoms with E-state index in [9.17, 15) is 9.59 Å². The van der Waals surface area contributed by atoms with Crippen molar-refractivity contribution in [3.05, 3.63) is 11.6 Å². The molecule has 3 heteroatoms. The summed E-state index contributed by atoms with van der Waals surface area (Å²) in [4.78, 5) is 23.6. The molecule has 0 radical (unpaired) electrons.